The van der Waals surface area contributed by atoms with Crippen LogP contribution < -0.4 is 0 Å². The Balaban J connectivity index is 1.61. The summed E-state index contributed by atoms with van der Waals surface area (Å²) in [5, 5.41) is 0.671. The molecule has 0 unspecified atom stereocenters. The van der Waals surface area contributed by atoms with Gasteiger partial charge in [-0.25, -0.2) is 13.4 Å². The van der Waals surface area contributed by atoms with Gasteiger partial charge in [0, 0.05) is 43.3 Å². The van der Waals surface area contributed by atoms with Crippen molar-refractivity contribution < 1.29 is 12.8 Å². The van der Waals surface area contributed by atoms with E-state index >= 15 is 0 Å². The highest BCUT2D eigenvalue weighted by molar-refractivity contribution is 7.88. The third-order valence-electron chi connectivity index (χ3n) is 3.83. The molecule has 0 amide bonds. The van der Waals surface area contributed by atoms with Gasteiger partial charge in [0.2, 0.25) is 15.9 Å². The van der Waals surface area contributed by atoms with Gasteiger partial charge in [-0.1, -0.05) is 11.6 Å². The van der Waals surface area contributed by atoms with Gasteiger partial charge in [-0.2, -0.15) is 4.31 Å². The Kier molecular flexibility index (Phi) is 4.72. The Labute approximate surface area is 140 Å². The highest BCUT2D eigenvalue weighted by atomic mass is 35.5. The lowest BCUT2D eigenvalue weighted by Gasteiger charge is -2.32. The molecule has 0 bridgehead atoms. The first-order valence-electron chi connectivity index (χ1n) is 7.29. The third kappa shape index (κ3) is 4.11. The molecule has 3 rings (SSSR count). The minimum absolute atomic E-state index is 0.515. The van der Waals surface area contributed by atoms with Crippen LogP contribution in [0.25, 0.3) is 11.5 Å². The van der Waals surface area contributed by atoms with Gasteiger partial charge in [0.25, 0.3) is 0 Å². The van der Waals surface area contributed by atoms with Gasteiger partial charge in [0.15, 0.2) is 0 Å². The second kappa shape index (κ2) is 6.60. The molecule has 0 spiro atoms. The lowest BCUT2D eigenvalue weighted by atomic mass is 10.2. The molecule has 2 heterocycles. The number of hydrogen-bond acceptors (Lipinski definition) is 5. The zero-order chi connectivity index (χ0) is 16.4. The van der Waals surface area contributed by atoms with Crippen molar-refractivity contribution in [2.45, 2.75) is 6.54 Å². The Bertz CT molecular complexity index is 766. The van der Waals surface area contributed by atoms with Crippen molar-refractivity contribution in [1.82, 2.24) is 14.2 Å². The number of hydrogen-bond donors (Lipinski definition) is 0. The van der Waals surface area contributed by atoms with E-state index in [9.17, 15) is 8.42 Å². The second-order valence-electron chi connectivity index (χ2n) is 5.59. The molecule has 6 nitrogen and oxygen atoms in total. The molecule has 1 saturated heterocycles. The molecule has 1 aromatic heterocycles. The largest absolute Gasteiger partial charge is 0.444 e. The third-order valence-corrected chi connectivity index (χ3v) is 5.38. The highest BCUT2D eigenvalue weighted by Crippen LogP contribution is 2.21. The summed E-state index contributed by atoms with van der Waals surface area (Å²) in [6.45, 7) is 3.06. The van der Waals surface area contributed by atoms with E-state index in [2.05, 4.69) is 9.88 Å². The fourth-order valence-electron chi connectivity index (χ4n) is 2.55. The summed E-state index contributed by atoms with van der Waals surface area (Å²) in [6.07, 6.45) is 2.89. The van der Waals surface area contributed by atoms with E-state index in [-0.39, 0.29) is 0 Å². The Morgan fingerprint density at radius 3 is 2.43 bits per heavy atom. The van der Waals surface area contributed by atoms with Crippen LogP contribution >= 0.6 is 11.6 Å². The van der Waals surface area contributed by atoms with Gasteiger partial charge in [0.1, 0.15) is 6.26 Å². The summed E-state index contributed by atoms with van der Waals surface area (Å²) in [5.74, 6) is 0.562. The minimum atomic E-state index is -3.10. The average Bonchev–Trinajstić information content (AvgIpc) is 2.96. The van der Waals surface area contributed by atoms with Crippen molar-refractivity contribution in [3.05, 3.63) is 41.2 Å². The minimum Gasteiger partial charge on any atom is -0.444 e. The monoisotopic (exact) mass is 355 g/mol. The van der Waals surface area contributed by atoms with E-state index in [0.717, 1.165) is 11.3 Å². The molecular weight excluding hydrogens is 338 g/mol. The van der Waals surface area contributed by atoms with Crippen LogP contribution in [0.5, 0.6) is 0 Å². The zero-order valence-corrected chi connectivity index (χ0v) is 14.3. The van der Waals surface area contributed by atoms with Crippen LogP contribution in [0.4, 0.5) is 0 Å². The molecule has 1 aliphatic heterocycles. The number of rotatable bonds is 4. The number of piperazine rings is 1. The predicted octanol–water partition coefficient (Wildman–Crippen LogP) is 2.07. The average molecular weight is 356 g/mol. The molecule has 8 heteroatoms. The molecule has 23 heavy (non-hydrogen) atoms. The van der Waals surface area contributed by atoms with Crippen LogP contribution in [0.2, 0.25) is 5.02 Å². The number of oxazole rings is 1. The molecule has 0 radical (unpaired) electrons. The number of aromatic nitrogens is 1. The van der Waals surface area contributed by atoms with Gasteiger partial charge in [0.05, 0.1) is 11.9 Å². The van der Waals surface area contributed by atoms with Crippen LogP contribution in [-0.2, 0) is 16.6 Å². The standard InChI is InChI=1S/C15H18ClN3O3S/c1-23(20,21)19-8-6-18(7-9-19)10-14-11-22-15(17-14)12-2-4-13(16)5-3-12/h2-5,11H,6-10H2,1H3. The van der Waals surface area contributed by atoms with Crippen molar-refractivity contribution in [3.8, 4) is 11.5 Å². The first-order valence-corrected chi connectivity index (χ1v) is 9.52. The summed E-state index contributed by atoms with van der Waals surface area (Å²) in [5.41, 5.74) is 1.71. The van der Waals surface area contributed by atoms with E-state index in [0.29, 0.717) is 43.6 Å². The first kappa shape index (κ1) is 16.4. The van der Waals surface area contributed by atoms with Crippen molar-refractivity contribution in [2.24, 2.45) is 0 Å². The van der Waals surface area contributed by atoms with Crippen LogP contribution in [0.15, 0.2) is 34.9 Å². The van der Waals surface area contributed by atoms with Crippen LogP contribution in [0.1, 0.15) is 5.69 Å². The van der Waals surface area contributed by atoms with Crippen molar-refractivity contribution in [2.75, 3.05) is 32.4 Å². The Morgan fingerprint density at radius 1 is 1.17 bits per heavy atom. The summed E-state index contributed by atoms with van der Waals surface area (Å²) < 4.78 is 30.0. The van der Waals surface area contributed by atoms with Gasteiger partial charge < -0.3 is 4.42 Å². The SMILES string of the molecule is CS(=O)(=O)N1CCN(Cc2coc(-c3ccc(Cl)cc3)n2)CC1. The van der Waals surface area contributed by atoms with Crippen LogP contribution in [0, 0.1) is 0 Å². The molecule has 0 saturated carbocycles. The fraction of sp³-hybridized carbons (Fsp3) is 0.400. The summed E-state index contributed by atoms with van der Waals surface area (Å²) in [7, 11) is -3.10. The number of nitrogens with zero attached hydrogens (tertiary/aromatic N) is 3. The lowest BCUT2D eigenvalue weighted by Crippen LogP contribution is -2.47. The fourth-order valence-corrected chi connectivity index (χ4v) is 3.51. The van der Waals surface area contributed by atoms with Gasteiger partial charge >= 0.3 is 0 Å². The molecule has 1 aromatic carbocycles. The van der Waals surface area contributed by atoms with E-state index < -0.39 is 10.0 Å². The van der Waals surface area contributed by atoms with Gasteiger partial charge in [-0.3, -0.25) is 4.90 Å². The van der Waals surface area contributed by atoms with E-state index in [4.69, 9.17) is 16.0 Å². The number of halogens is 1. The van der Waals surface area contributed by atoms with E-state index in [1.54, 1.807) is 18.4 Å². The smallest absolute Gasteiger partial charge is 0.226 e. The summed E-state index contributed by atoms with van der Waals surface area (Å²) in [4.78, 5) is 6.66. The van der Waals surface area contributed by atoms with Crippen LogP contribution in [0.3, 0.4) is 0 Å². The molecule has 2 aromatic rings. The molecular formula is C15H18ClN3O3S. The Hall–Kier alpha value is -1.41. The van der Waals surface area contributed by atoms with E-state index in [1.165, 1.54) is 10.6 Å². The molecule has 124 valence electrons. The van der Waals surface area contributed by atoms with Gasteiger partial charge in [-0.05, 0) is 24.3 Å². The summed E-state index contributed by atoms with van der Waals surface area (Å²) >= 11 is 5.87. The predicted molar refractivity (Wildman–Crippen MR) is 88.6 cm³/mol. The normalized spacial score (nSPS) is 17.5. The maximum absolute atomic E-state index is 11.5. The molecule has 0 N–H and O–H groups in total. The molecule has 0 atom stereocenters. The first-order chi connectivity index (χ1) is 10.9. The second-order valence-corrected chi connectivity index (χ2v) is 8.01. The zero-order valence-electron chi connectivity index (χ0n) is 12.8. The topological polar surface area (TPSA) is 66.7 Å². The van der Waals surface area contributed by atoms with Crippen molar-refractivity contribution in [1.29, 1.82) is 0 Å². The van der Waals surface area contributed by atoms with Gasteiger partial charge in [-0.15, -0.1) is 0 Å². The maximum atomic E-state index is 11.5. The van der Waals surface area contributed by atoms with Crippen molar-refractivity contribution in [3.63, 3.8) is 0 Å². The molecule has 1 fully saturated rings. The maximum Gasteiger partial charge on any atom is 0.226 e. The lowest BCUT2D eigenvalue weighted by molar-refractivity contribution is 0.180. The van der Waals surface area contributed by atoms with Crippen molar-refractivity contribution >= 4 is 21.6 Å². The number of benzene rings is 1. The number of sulfonamides is 1. The highest BCUT2D eigenvalue weighted by Gasteiger charge is 2.23. The summed E-state index contributed by atoms with van der Waals surface area (Å²) in [6, 6.07) is 7.32. The quantitative estimate of drug-likeness (QED) is 0.840. The van der Waals surface area contributed by atoms with Crippen LogP contribution in [-0.4, -0.2) is 55.0 Å². The molecule has 0 aliphatic carbocycles. The Morgan fingerprint density at radius 2 is 1.83 bits per heavy atom. The molecule has 1 aliphatic rings. The van der Waals surface area contributed by atoms with E-state index in [1.807, 2.05) is 12.1 Å².